The lowest BCUT2D eigenvalue weighted by molar-refractivity contribution is -0.119. The van der Waals surface area contributed by atoms with Gasteiger partial charge in [-0.1, -0.05) is 0 Å². The van der Waals surface area contributed by atoms with E-state index in [-0.39, 0.29) is 12.5 Å². The molecule has 0 aromatic heterocycles. The minimum absolute atomic E-state index is 0.168. The number of carbonyl (C=O) groups excluding carboxylic acids is 1. The molecule has 0 bridgehead atoms. The SMILES string of the molecule is CCOc1ccc(C=NNC(=O)CNc2ccc(I)cc2)cc1. The van der Waals surface area contributed by atoms with Gasteiger partial charge in [-0.25, -0.2) is 5.43 Å². The summed E-state index contributed by atoms with van der Waals surface area (Å²) in [7, 11) is 0. The van der Waals surface area contributed by atoms with Crippen LogP contribution in [0.5, 0.6) is 5.75 Å². The van der Waals surface area contributed by atoms with Crippen LogP contribution in [0.1, 0.15) is 12.5 Å². The van der Waals surface area contributed by atoms with Crippen LogP contribution >= 0.6 is 22.6 Å². The number of hydrogen-bond donors (Lipinski definition) is 2. The molecule has 0 heterocycles. The number of nitrogens with zero attached hydrogens (tertiary/aromatic N) is 1. The van der Waals surface area contributed by atoms with Crippen molar-refractivity contribution in [3.05, 3.63) is 57.7 Å². The molecule has 0 aliphatic carbocycles. The van der Waals surface area contributed by atoms with Crippen molar-refractivity contribution in [2.24, 2.45) is 5.10 Å². The van der Waals surface area contributed by atoms with Gasteiger partial charge in [0, 0.05) is 9.26 Å². The predicted octanol–water partition coefficient (Wildman–Crippen LogP) is 3.25. The molecule has 0 saturated carbocycles. The molecule has 6 heteroatoms. The second kappa shape index (κ2) is 9.14. The van der Waals surface area contributed by atoms with Crippen molar-refractivity contribution in [2.75, 3.05) is 18.5 Å². The summed E-state index contributed by atoms with van der Waals surface area (Å²) in [5, 5.41) is 6.97. The van der Waals surface area contributed by atoms with Crippen LogP contribution in [0.4, 0.5) is 5.69 Å². The molecule has 2 N–H and O–H groups in total. The molecule has 0 saturated heterocycles. The maximum atomic E-state index is 11.7. The summed E-state index contributed by atoms with van der Waals surface area (Å²) >= 11 is 2.23. The van der Waals surface area contributed by atoms with Crippen molar-refractivity contribution in [1.29, 1.82) is 0 Å². The average molecular weight is 423 g/mol. The number of hydrogen-bond acceptors (Lipinski definition) is 4. The maximum absolute atomic E-state index is 11.7. The summed E-state index contributed by atoms with van der Waals surface area (Å²) in [5.41, 5.74) is 4.28. The third kappa shape index (κ3) is 6.27. The molecule has 0 spiro atoms. The smallest absolute Gasteiger partial charge is 0.259 e. The van der Waals surface area contributed by atoms with Crippen LogP contribution in [0.3, 0.4) is 0 Å². The first-order valence-corrected chi connectivity index (χ1v) is 8.29. The molecule has 120 valence electrons. The third-order valence-electron chi connectivity index (χ3n) is 2.89. The van der Waals surface area contributed by atoms with E-state index in [1.165, 1.54) is 0 Å². The van der Waals surface area contributed by atoms with Crippen LogP contribution in [0.15, 0.2) is 53.6 Å². The Morgan fingerprint density at radius 3 is 2.52 bits per heavy atom. The van der Waals surface area contributed by atoms with E-state index in [0.717, 1.165) is 20.6 Å². The first kappa shape index (κ1) is 17.3. The molecule has 23 heavy (non-hydrogen) atoms. The first-order valence-electron chi connectivity index (χ1n) is 7.21. The standard InChI is InChI=1S/C17H18IN3O2/c1-2-23-16-9-3-13(4-10-16)11-20-21-17(22)12-19-15-7-5-14(18)6-8-15/h3-11,19H,2,12H2,1H3,(H,21,22). The number of halogens is 1. The lowest BCUT2D eigenvalue weighted by Crippen LogP contribution is -2.25. The van der Waals surface area contributed by atoms with Gasteiger partial charge in [0.15, 0.2) is 0 Å². The van der Waals surface area contributed by atoms with E-state index in [4.69, 9.17) is 4.74 Å². The topological polar surface area (TPSA) is 62.7 Å². The monoisotopic (exact) mass is 423 g/mol. The average Bonchev–Trinajstić information content (AvgIpc) is 2.56. The van der Waals surface area contributed by atoms with E-state index in [1.54, 1.807) is 6.21 Å². The normalized spacial score (nSPS) is 10.5. The van der Waals surface area contributed by atoms with Gasteiger partial charge in [0.1, 0.15) is 5.75 Å². The van der Waals surface area contributed by atoms with Gasteiger partial charge in [0.05, 0.1) is 19.4 Å². The van der Waals surface area contributed by atoms with E-state index in [0.29, 0.717) is 6.61 Å². The number of ether oxygens (including phenoxy) is 1. The van der Waals surface area contributed by atoms with Gasteiger partial charge >= 0.3 is 0 Å². The molecule has 2 aromatic carbocycles. The van der Waals surface area contributed by atoms with Crippen molar-refractivity contribution in [3.63, 3.8) is 0 Å². The van der Waals surface area contributed by atoms with Crippen LogP contribution in [0, 0.1) is 3.57 Å². The summed E-state index contributed by atoms with van der Waals surface area (Å²) in [6, 6.07) is 15.3. The van der Waals surface area contributed by atoms with Crippen molar-refractivity contribution >= 4 is 40.4 Å². The first-order chi connectivity index (χ1) is 11.2. The number of anilines is 1. The van der Waals surface area contributed by atoms with E-state index in [2.05, 4.69) is 38.4 Å². The van der Waals surface area contributed by atoms with E-state index >= 15 is 0 Å². The highest BCUT2D eigenvalue weighted by molar-refractivity contribution is 14.1. The number of amides is 1. The highest BCUT2D eigenvalue weighted by Crippen LogP contribution is 2.11. The van der Waals surface area contributed by atoms with Crippen LogP contribution < -0.4 is 15.5 Å². The Morgan fingerprint density at radius 1 is 1.17 bits per heavy atom. The van der Waals surface area contributed by atoms with Crippen LogP contribution in [0.25, 0.3) is 0 Å². The molecule has 0 aliphatic heterocycles. The fraction of sp³-hybridized carbons (Fsp3) is 0.176. The van der Waals surface area contributed by atoms with Gasteiger partial charge in [-0.15, -0.1) is 0 Å². The molecule has 0 radical (unpaired) electrons. The molecule has 2 rings (SSSR count). The van der Waals surface area contributed by atoms with Crippen LogP contribution in [-0.2, 0) is 4.79 Å². The number of rotatable bonds is 7. The highest BCUT2D eigenvalue weighted by atomic mass is 127. The van der Waals surface area contributed by atoms with Crippen molar-refractivity contribution in [2.45, 2.75) is 6.92 Å². The van der Waals surface area contributed by atoms with Crippen molar-refractivity contribution in [1.82, 2.24) is 5.43 Å². The molecule has 0 fully saturated rings. The summed E-state index contributed by atoms with van der Waals surface area (Å²) in [5.74, 6) is 0.612. The van der Waals surface area contributed by atoms with Gasteiger partial charge < -0.3 is 10.1 Å². The molecule has 0 atom stereocenters. The Hall–Kier alpha value is -2.09. The zero-order valence-corrected chi connectivity index (χ0v) is 14.9. The zero-order chi connectivity index (χ0) is 16.5. The fourth-order valence-corrected chi connectivity index (χ4v) is 2.14. The van der Waals surface area contributed by atoms with Gasteiger partial charge in [0.25, 0.3) is 5.91 Å². The minimum Gasteiger partial charge on any atom is -0.494 e. The number of nitrogens with one attached hydrogen (secondary N) is 2. The Morgan fingerprint density at radius 2 is 1.87 bits per heavy atom. The van der Waals surface area contributed by atoms with Gasteiger partial charge in [-0.05, 0) is 83.6 Å². The number of carbonyl (C=O) groups is 1. The summed E-state index contributed by atoms with van der Waals surface area (Å²) in [4.78, 5) is 11.7. The largest absolute Gasteiger partial charge is 0.494 e. The predicted molar refractivity (Wildman–Crippen MR) is 101 cm³/mol. The van der Waals surface area contributed by atoms with Crippen molar-refractivity contribution in [3.8, 4) is 5.75 Å². The Bertz CT molecular complexity index is 655. The lowest BCUT2D eigenvalue weighted by Gasteiger charge is -2.05. The Kier molecular flexibility index (Phi) is 6.86. The molecule has 0 aliphatic rings. The minimum atomic E-state index is -0.203. The van der Waals surface area contributed by atoms with Gasteiger partial charge in [0.2, 0.25) is 0 Å². The number of hydrazone groups is 1. The molecule has 2 aromatic rings. The molecule has 1 amide bonds. The van der Waals surface area contributed by atoms with Gasteiger partial charge in [-0.3, -0.25) is 4.79 Å². The summed E-state index contributed by atoms with van der Waals surface area (Å²) in [6.07, 6.45) is 1.60. The zero-order valence-electron chi connectivity index (χ0n) is 12.8. The molecular formula is C17H18IN3O2. The third-order valence-corrected chi connectivity index (χ3v) is 3.61. The molecule has 5 nitrogen and oxygen atoms in total. The second-order valence-electron chi connectivity index (χ2n) is 4.66. The fourth-order valence-electron chi connectivity index (χ4n) is 1.79. The van der Waals surface area contributed by atoms with Gasteiger partial charge in [-0.2, -0.15) is 5.10 Å². The summed E-state index contributed by atoms with van der Waals surface area (Å²) < 4.78 is 6.51. The highest BCUT2D eigenvalue weighted by Gasteiger charge is 1.99. The maximum Gasteiger partial charge on any atom is 0.259 e. The molecule has 0 unspecified atom stereocenters. The van der Waals surface area contributed by atoms with Crippen LogP contribution in [0.2, 0.25) is 0 Å². The van der Waals surface area contributed by atoms with Crippen LogP contribution in [-0.4, -0.2) is 25.3 Å². The van der Waals surface area contributed by atoms with E-state index in [1.807, 2.05) is 55.5 Å². The summed E-state index contributed by atoms with van der Waals surface area (Å²) in [6.45, 7) is 2.74. The molecular weight excluding hydrogens is 405 g/mol. The number of benzene rings is 2. The van der Waals surface area contributed by atoms with E-state index < -0.39 is 0 Å². The Labute approximate surface area is 149 Å². The second-order valence-corrected chi connectivity index (χ2v) is 5.90. The van der Waals surface area contributed by atoms with Crippen molar-refractivity contribution < 1.29 is 9.53 Å². The quantitative estimate of drug-likeness (QED) is 0.409. The lowest BCUT2D eigenvalue weighted by atomic mass is 10.2. The van der Waals surface area contributed by atoms with E-state index in [9.17, 15) is 4.79 Å². The Balaban J connectivity index is 1.75.